The Labute approximate surface area is 59.1 Å². The lowest BCUT2D eigenvalue weighted by atomic mass is 10.0. The van der Waals surface area contributed by atoms with Crippen molar-refractivity contribution >= 4 is 0 Å². The molecule has 0 amide bonds. The Morgan fingerprint density at radius 1 is 1.30 bits per heavy atom. The molecule has 0 saturated carbocycles. The summed E-state index contributed by atoms with van der Waals surface area (Å²) in [5.74, 6) is 0. The zero-order valence-electron chi connectivity index (χ0n) is 5.77. The molecule has 3 N–H and O–H groups in total. The van der Waals surface area contributed by atoms with Crippen molar-refractivity contribution in [3.63, 3.8) is 0 Å². The van der Waals surface area contributed by atoms with E-state index < -0.39 is 24.6 Å². The van der Waals surface area contributed by atoms with E-state index in [2.05, 4.69) is 0 Å². The number of rotatable bonds is 0. The Balaban J connectivity index is 2.49. The predicted octanol–water partition coefficient (Wildman–Crippen LogP) is -1.16. The molecule has 1 aliphatic rings. The monoisotopic (exact) mass is 148 g/mol. The second-order valence-corrected chi connectivity index (χ2v) is 2.59. The number of hydrogen-bond donors (Lipinski definition) is 3. The van der Waals surface area contributed by atoms with Gasteiger partial charge in [-0.1, -0.05) is 0 Å². The minimum Gasteiger partial charge on any atom is -0.390 e. The minimum atomic E-state index is -0.937. The van der Waals surface area contributed by atoms with Gasteiger partial charge in [-0.25, -0.2) is 0 Å². The van der Waals surface area contributed by atoms with Crippen molar-refractivity contribution in [2.75, 3.05) is 0 Å². The van der Waals surface area contributed by atoms with Crippen LogP contribution in [0.25, 0.3) is 0 Å². The third-order valence-corrected chi connectivity index (χ3v) is 1.69. The van der Waals surface area contributed by atoms with E-state index in [1.54, 1.807) is 6.92 Å². The largest absolute Gasteiger partial charge is 0.390 e. The first-order valence-corrected chi connectivity index (χ1v) is 3.31. The molecule has 0 aliphatic carbocycles. The summed E-state index contributed by atoms with van der Waals surface area (Å²) in [5, 5.41) is 27.0. The molecule has 4 heteroatoms. The molecule has 1 fully saturated rings. The van der Waals surface area contributed by atoms with Gasteiger partial charge in [0.1, 0.15) is 6.10 Å². The van der Waals surface area contributed by atoms with Crippen molar-refractivity contribution in [3.8, 4) is 0 Å². The molecule has 1 unspecified atom stereocenters. The summed E-state index contributed by atoms with van der Waals surface area (Å²) in [4.78, 5) is 0. The van der Waals surface area contributed by atoms with E-state index in [9.17, 15) is 0 Å². The SMILES string of the molecule is CC1O[C@H](O)C[C@@H](O)[C@@H]1O. The van der Waals surface area contributed by atoms with Crippen LogP contribution in [-0.2, 0) is 4.74 Å². The second-order valence-electron chi connectivity index (χ2n) is 2.59. The highest BCUT2D eigenvalue weighted by molar-refractivity contribution is 4.78. The second kappa shape index (κ2) is 2.84. The number of ether oxygens (including phenoxy) is 1. The smallest absolute Gasteiger partial charge is 0.157 e. The molecule has 4 atom stereocenters. The summed E-state index contributed by atoms with van der Waals surface area (Å²) in [6, 6.07) is 0. The predicted molar refractivity (Wildman–Crippen MR) is 33.2 cm³/mol. The van der Waals surface area contributed by atoms with Crippen molar-refractivity contribution in [1.29, 1.82) is 0 Å². The number of hydrogen-bond acceptors (Lipinski definition) is 4. The molecule has 0 aromatic heterocycles. The third-order valence-electron chi connectivity index (χ3n) is 1.69. The van der Waals surface area contributed by atoms with Gasteiger partial charge in [-0.3, -0.25) is 0 Å². The van der Waals surface area contributed by atoms with Crippen LogP contribution < -0.4 is 0 Å². The third kappa shape index (κ3) is 1.46. The van der Waals surface area contributed by atoms with Crippen molar-refractivity contribution in [1.82, 2.24) is 0 Å². The van der Waals surface area contributed by atoms with Gasteiger partial charge < -0.3 is 20.1 Å². The molecule has 0 radical (unpaired) electrons. The molecule has 1 heterocycles. The molecule has 1 aliphatic heterocycles. The Kier molecular flexibility index (Phi) is 2.25. The van der Waals surface area contributed by atoms with Gasteiger partial charge in [0.05, 0.1) is 12.2 Å². The highest BCUT2D eigenvalue weighted by Gasteiger charge is 2.32. The van der Waals surface area contributed by atoms with Crippen LogP contribution >= 0.6 is 0 Å². The zero-order chi connectivity index (χ0) is 7.72. The van der Waals surface area contributed by atoms with E-state index in [1.807, 2.05) is 0 Å². The van der Waals surface area contributed by atoms with Gasteiger partial charge in [0.2, 0.25) is 0 Å². The zero-order valence-corrected chi connectivity index (χ0v) is 5.77. The van der Waals surface area contributed by atoms with Gasteiger partial charge >= 0.3 is 0 Å². The fraction of sp³-hybridized carbons (Fsp3) is 1.00. The summed E-state index contributed by atoms with van der Waals surface area (Å²) in [6.07, 6.45) is -3.07. The summed E-state index contributed by atoms with van der Waals surface area (Å²) < 4.78 is 4.81. The first-order chi connectivity index (χ1) is 4.61. The summed E-state index contributed by atoms with van der Waals surface area (Å²) >= 11 is 0. The van der Waals surface area contributed by atoms with Crippen LogP contribution in [-0.4, -0.2) is 39.9 Å². The Hall–Kier alpha value is -0.160. The van der Waals surface area contributed by atoms with Crippen molar-refractivity contribution < 1.29 is 20.1 Å². The quantitative estimate of drug-likeness (QED) is 0.405. The van der Waals surface area contributed by atoms with Gasteiger partial charge in [0.25, 0.3) is 0 Å². The summed E-state index contributed by atoms with van der Waals surface area (Å²) in [7, 11) is 0. The lowest BCUT2D eigenvalue weighted by Gasteiger charge is -2.32. The van der Waals surface area contributed by atoms with Crippen LogP contribution in [0.4, 0.5) is 0 Å². The van der Waals surface area contributed by atoms with Crippen LogP contribution in [0.3, 0.4) is 0 Å². The van der Waals surface area contributed by atoms with Crippen molar-refractivity contribution in [3.05, 3.63) is 0 Å². The van der Waals surface area contributed by atoms with E-state index in [1.165, 1.54) is 0 Å². The van der Waals surface area contributed by atoms with Crippen molar-refractivity contribution in [2.24, 2.45) is 0 Å². The van der Waals surface area contributed by atoms with Crippen LogP contribution in [0.15, 0.2) is 0 Å². The van der Waals surface area contributed by atoms with E-state index >= 15 is 0 Å². The normalized spacial score (nSPS) is 49.2. The maximum atomic E-state index is 9.08. The molecule has 4 nitrogen and oxygen atoms in total. The first kappa shape index (κ1) is 7.94. The van der Waals surface area contributed by atoms with Gasteiger partial charge in [0.15, 0.2) is 6.29 Å². The van der Waals surface area contributed by atoms with Gasteiger partial charge in [-0.05, 0) is 6.92 Å². The average molecular weight is 148 g/mol. The lowest BCUT2D eigenvalue weighted by molar-refractivity contribution is -0.226. The van der Waals surface area contributed by atoms with Crippen LogP contribution in [0.5, 0.6) is 0 Å². The molecular formula is C6H12O4. The molecule has 0 bridgehead atoms. The number of aliphatic hydroxyl groups is 3. The van der Waals surface area contributed by atoms with Gasteiger partial charge in [-0.2, -0.15) is 0 Å². The van der Waals surface area contributed by atoms with Crippen LogP contribution in [0.1, 0.15) is 13.3 Å². The van der Waals surface area contributed by atoms with Crippen LogP contribution in [0.2, 0.25) is 0 Å². The van der Waals surface area contributed by atoms with Gasteiger partial charge in [0, 0.05) is 6.42 Å². The number of aliphatic hydroxyl groups excluding tert-OH is 3. The first-order valence-electron chi connectivity index (χ1n) is 3.31. The standard InChI is InChI=1S/C6H12O4/c1-3-6(9)4(7)2-5(8)10-3/h3-9H,2H2,1H3/t3?,4-,5+,6-/m1/s1. The molecular weight excluding hydrogens is 136 g/mol. The maximum Gasteiger partial charge on any atom is 0.157 e. The molecule has 1 rings (SSSR count). The average Bonchev–Trinajstić information content (AvgIpc) is 1.82. The Bertz CT molecular complexity index is 104. The van der Waals surface area contributed by atoms with Crippen LogP contribution in [0, 0.1) is 0 Å². The molecule has 10 heavy (non-hydrogen) atoms. The van der Waals surface area contributed by atoms with Crippen molar-refractivity contribution in [2.45, 2.75) is 37.9 Å². The highest BCUT2D eigenvalue weighted by Crippen LogP contribution is 2.17. The van der Waals surface area contributed by atoms with E-state index in [0.29, 0.717) is 0 Å². The Morgan fingerprint density at radius 2 is 1.90 bits per heavy atom. The van der Waals surface area contributed by atoms with E-state index in [0.717, 1.165) is 0 Å². The summed E-state index contributed by atoms with van der Waals surface area (Å²) in [6.45, 7) is 1.61. The van der Waals surface area contributed by atoms with Gasteiger partial charge in [-0.15, -0.1) is 0 Å². The molecule has 0 aromatic rings. The molecule has 1 saturated heterocycles. The van der Waals surface area contributed by atoms with E-state index in [4.69, 9.17) is 20.1 Å². The fourth-order valence-corrected chi connectivity index (χ4v) is 1.04. The summed E-state index contributed by atoms with van der Waals surface area (Å²) in [5.41, 5.74) is 0. The topological polar surface area (TPSA) is 69.9 Å². The highest BCUT2D eigenvalue weighted by atomic mass is 16.6. The minimum absolute atomic E-state index is 0.0888. The fourth-order valence-electron chi connectivity index (χ4n) is 1.04. The molecule has 0 aromatic carbocycles. The molecule has 60 valence electrons. The lowest BCUT2D eigenvalue weighted by Crippen LogP contribution is -2.46. The van der Waals surface area contributed by atoms with E-state index in [-0.39, 0.29) is 6.42 Å². The Morgan fingerprint density at radius 3 is 2.40 bits per heavy atom. The molecule has 0 spiro atoms. The maximum absolute atomic E-state index is 9.08.